The molecule has 23 heavy (non-hydrogen) atoms. The Bertz CT molecular complexity index is 540. The molecule has 0 spiro atoms. The lowest BCUT2D eigenvalue weighted by molar-refractivity contribution is 0.0256. The van der Waals surface area contributed by atoms with Crippen molar-refractivity contribution in [1.82, 2.24) is 4.90 Å². The van der Waals surface area contributed by atoms with Crippen LogP contribution in [0.5, 0.6) is 5.75 Å². The SMILES string of the molecule is CC1(CN)CCN(C(=O)c2ccc(OC3CCOCC3)cc2)C1. The van der Waals surface area contributed by atoms with Gasteiger partial charge in [0, 0.05) is 31.5 Å². The lowest BCUT2D eigenvalue weighted by atomic mass is 9.90. The third-order valence-electron chi connectivity index (χ3n) is 4.91. The van der Waals surface area contributed by atoms with Gasteiger partial charge in [-0.25, -0.2) is 0 Å². The molecule has 1 amide bonds. The molecular weight excluding hydrogens is 292 g/mol. The first kappa shape index (κ1) is 16.3. The van der Waals surface area contributed by atoms with Crippen molar-refractivity contribution in [3.8, 4) is 5.75 Å². The summed E-state index contributed by atoms with van der Waals surface area (Å²) in [5.74, 6) is 0.904. The van der Waals surface area contributed by atoms with Crippen molar-refractivity contribution in [1.29, 1.82) is 0 Å². The molecule has 2 N–H and O–H groups in total. The molecule has 2 aliphatic heterocycles. The Hall–Kier alpha value is -1.59. The minimum atomic E-state index is 0.0573. The Morgan fingerprint density at radius 2 is 2.04 bits per heavy atom. The van der Waals surface area contributed by atoms with Crippen LogP contribution < -0.4 is 10.5 Å². The average Bonchev–Trinajstić information content (AvgIpc) is 2.99. The summed E-state index contributed by atoms with van der Waals surface area (Å²) in [7, 11) is 0. The zero-order chi connectivity index (χ0) is 16.3. The van der Waals surface area contributed by atoms with Crippen molar-refractivity contribution < 1.29 is 14.3 Å². The van der Waals surface area contributed by atoms with E-state index in [0.29, 0.717) is 12.1 Å². The van der Waals surface area contributed by atoms with E-state index in [4.69, 9.17) is 15.2 Å². The van der Waals surface area contributed by atoms with Crippen molar-refractivity contribution >= 4 is 5.91 Å². The van der Waals surface area contributed by atoms with Gasteiger partial charge >= 0.3 is 0 Å². The molecule has 0 saturated carbocycles. The number of hydrogen-bond acceptors (Lipinski definition) is 4. The molecule has 2 saturated heterocycles. The monoisotopic (exact) mass is 318 g/mol. The van der Waals surface area contributed by atoms with E-state index >= 15 is 0 Å². The Morgan fingerprint density at radius 3 is 2.65 bits per heavy atom. The summed E-state index contributed by atoms with van der Waals surface area (Å²) >= 11 is 0. The second-order valence-electron chi connectivity index (χ2n) is 6.95. The standard InChI is InChI=1S/C18H26N2O3/c1-18(12-19)8-9-20(13-18)17(21)14-2-4-15(5-3-14)23-16-6-10-22-11-7-16/h2-5,16H,6-13,19H2,1H3. The number of carbonyl (C=O) groups excluding carboxylic acids is 1. The molecule has 1 unspecified atom stereocenters. The molecule has 0 aliphatic carbocycles. The first-order chi connectivity index (χ1) is 11.1. The quantitative estimate of drug-likeness (QED) is 0.923. The minimum Gasteiger partial charge on any atom is -0.490 e. The molecule has 2 fully saturated rings. The van der Waals surface area contributed by atoms with E-state index in [1.165, 1.54) is 0 Å². The normalized spacial score (nSPS) is 25.6. The second kappa shape index (κ2) is 6.89. The van der Waals surface area contributed by atoms with Crippen LogP contribution in [0, 0.1) is 5.41 Å². The molecule has 1 aromatic rings. The maximum Gasteiger partial charge on any atom is 0.253 e. The van der Waals surface area contributed by atoms with Crippen LogP contribution in [-0.2, 0) is 4.74 Å². The van der Waals surface area contributed by atoms with Gasteiger partial charge in [0.15, 0.2) is 0 Å². The van der Waals surface area contributed by atoms with Crippen molar-refractivity contribution in [2.45, 2.75) is 32.3 Å². The van der Waals surface area contributed by atoms with E-state index in [2.05, 4.69) is 6.92 Å². The van der Waals surface area contributed by atoms with Crippen molar-refractivity contribution in [2.75, 3.05) is 32.8 Å². The van der Waals surface area contributed by atoms with Gasteiger partial charge in [0.1, 0.15) is 11.9 Å². The van der Waals surface area contributed by atoms with Crippen LogP contribution in [0.4, 0.5) is 0 Å². The van der Waals surface area contributed by atoms with Gasteiger partial charge in [0.25, 0.3) is 5.91 Å². The third kappa shape index (κ3) is 3.85. The van der Waals surface area contributed by atoms with Gasteiger partial charge in [-0.2, -0.15) is 0 Å². The lowest BCUT2D eigenvalue weighted by Gasteiger charge is -2.24. The van der Waals surface area contributed by atoms with Crippen LogP contribution in [0.1, 0.15) is 36.5 Å². The van der Waals surface area contributed by atoms with Gasteiger partial charge in [-0.3, -0.25) is 4.79 Å². The molecule has 1 aromatic carbocycles. The van der Waals surface area contributed by atoms with Gasteiger partial charge in [0.2, 0.25) is 0 Å². The lowest BCUT2D eigenvalue weighted by Crippen LogP contribution is -2.34. The summed E-state index contributed by atoms with van der Waals surface area (Å²) in [6.07, 6.45) is 3.03. The zero-order valence-electron chi connectivity index (χ0n) is 13.8. The van der Waals surface area contributed by atoms with Gasteiger partial charge in [0.05, 0.1) is 13.2 Å². The molecular formula is C18H26N2O3. The van der Waals surface area contributed by atoms with Gasteiger partial charge in [-0.15, -0.1) is 0 Å². The number of likely N-dealkylation sites (tertiary alicyclic amines) is 1. The van der Waals surface area contributed by atoms with E-state index in [1.807, 2.05) is 29.2 Å². The van der Waals surface area contributed by atoms with Crippen LogP contribution in [0.3, 0.4) is 0 Å². The fraction of sp³-hybridized carbons (Fsp3) is 0.611. The zero-order valence-corrected chi connectivity index (χ0v) is 13.8. The molecule has 0 aromatic heterocycles. The minimum absolute atomic E-state index is 0.0573. The maximum absolute atomic E-state index is 12.6. The maximum atomic E-state index is 12.6. The molecule has 126 valence electrons. The summed E-state index contributed by atoms with van der Waals surface area (Å²) in [4.78, 5) is 14.5. The fourth-order valence-corrected chi connectivity index (χ4v) is 3.21. The number of ether oxygens (including phenoxy) is 2. The summed E-state index contributed by atoms with van der Waals surface area (Å²) in [6, 6.07) is 7.49. The number of amides is 1. The number of hydrogen-bond donors (Lipinski definition) is 1. The van der Waals surface area contributed by atoms with E-state index in [-0.39, 0.29) is 17.4 Å². The molecule has 2 aliphatic rings. The number of benzene rings is 1. The fourth-order valence-electron chi connectivity index (χ4n) is 3.21. The Labute approximate surface area is 137 Å². The highest BCUT2D eigenvalue weighted by Gasteiger charge is 2.35. The molecule has 2 heterocycles. The first-order valence-electron chi connectivity index (χ1n) is 8.43. The van der Waals surface area contributed by atoms with Crippen molar-refractivity contribution in [3.05, 3.63) is 29.8 Å². The average molecular weight is 318 g/mol. The topological polar surface area (TPSA) is 64.8 Å². The molecule has 0 radical (unpaired) electrons. The van der Waals surface area contributed by atoms with Gasteiger partial charge in [-0.1, -0.05) is 6.92 Å². The Balaban J connectivity index is 1.59. The van der Waals surface area contributed by atoms with E-state index in [1.54, 1.807) is 0 Å². The van der Waals surface area contributed by atoms with E-state index < -0.39 is 0 Å². The van der Waals surface area contributed by atoms with Crippen LogP contribution in [0.25, 0.3) is 0 Å². The molecule has 1 atom stereocenters. The summed E-state index contributed by atoms with van der Waals surface area (Å²) in [5.41, 5.74) is 6.59. The number of rotatable bonds is 4. The second-order valence-corrected chi connectivity index (χ2v) is 6.95. The van der Waals surface area contributed by atoms with Crippen LogP contribution in [0.2, 0.25) is 0 Å². The van der Waals surface area contributed by atoms with Crippen LogP contribution in [-0.4, -0.2) is 49.8 Å². The molecule has 5 heteroatoms. The third-order valence-corrected chi connectivity index (χ3v) is 4.91. The van der Waals surface area contributed by atoms with Gasteiger partial charge < -0.3 is 20.1 Å². The van der Waals surface area contributed by atoms with E-state index in [9.17, 15) is 4.79 Å². The number of nitrogens with zero attached hydrogens (tertiary/aromatic N) is 1. The Morgan fingerprint density at radius 1 is 1.35 bits per heavy atom. The molecule has 0 bridgehead atoms. The highest BCUT2D eigenvalue weighted by atomic mass is 16.5. The number of nitrogens with two attached hydrogens (primary N) is 1. The Kier molecular flexibility index (Phi) is 4.87. The van der Waals surface area contributed by atoms with Gasteiger partial charge in [-0.05, 0) is 42.6 Å². The number of carbonyl (C=O) groups is 1. The van der Waals surface area contributed by atoms with Crippen molar-refractivity contribution in [2.24, 2.45) is 11.1 Å². The van der Waals surface area contributed by atoms with Crippen LogP contribution in [0.15, 0.2) is 24.3 Å². The molecule has 3 rings (SSSR count). The van der Waals surface area contributed by atoms with Crippen LogP contribution >= 0.6 is 0 Å². The summed E-state index contributed by atoms with van der Waals surface area (Å²) in [5, 5.41) is 0. The van der Waals surface area contributed by atoms with Crippen molar-refractivity contribution in [3.63, 3.8) is 0 Å². The predicted molar refractivity (Wildman–Crippen MR) is 88.6 cm³/mol. The highest BCUT2D eigenvalue weighted by Crippen LogP contribution is 2.29. The smallest absolute Gasteiger partial charge is 0.253 e. The first-order valence-corrected chi connectivity index (χ1v) is 8.43. The predicted octanol–water partition coefficient (Wildman–Crippen LogP) is 2.06. The largest absolute Gasteiger partial charge is 0.490 e. The summed E-state index contributed by atoms with van der Waals surface area (Å²) in [6.45, 7) is 5.81. The van der Waals surface area contributed by atoms with E-state index in [0.717, 1.165) is 51.3 Å². The molecule has 5 nitrogen and oxygen atoms in total. The highest BCUT2D eigenvalue weighted by molar-refractivity contribution is 5.94. The summed E-state index contributed by atoms with van der Waals surface area (Å²) < 4.78 is 11.3.